The molecule has 1 saturated heterocycles. The van der Waals surface area contributed by atoms with Crippen molar-refractivity contribution >= 4 is 35.0 Å². The number of nitrogens with zero attached hydrogens (tertiary/aromatic N) is 1. The summed E-state index contributed by atoms with van der Waals surface area (Å²) in [5.74, 6) is -1.55. The molecule has 1 aromatic carbocycles. The Morgan fingerprint density at radius 2 is 1.79 bits per heavy atom. The first-order valence-electron chi connectivity index (χ1n) is 5.97. The van der Waals surface area contributed by atoms with Crippen LogP contribution >= 0.6 is 0 Å². The van der Waals surface area contributed by atoms with Gasteiger partial charge in [-0.05, 0) is 31.0 Å². The first-order valence-corrected chi connectivity index (χ1v) is 5.97. The second kappa shape index (κ2) is 7.47. The Balaban J connectivity index is 0. The molecule has 0 spiro atoms. The molecular formula is C13H17MgNO4. The van der Waals surface area contributed by atoms with Crippen LogP contribution in [0.4, 0.5) is 0 Å². The van der Waals surface area contributed by atoms with Crippen molar-refractivity contribution in [2.75, 3.05) is 13.1 Å². The summed E-state index contributed by atoms with van der Waals surface area (Å²) < 4.78 is 0. The molecule has 1 aliphatic rings. The molecule has 0 atom stereocenters. The Labute approximate surface area is 130 Å². The van der Waals surface area contributed by atoms with Crippen molar-refractivity contribution in [3.63, 3.8) is 0 Å². The van der Waals surface area contributed by atoms with Gasteiger partial charge >= 0.3 is 35.0 Å². The summed E-state index contributed by atoms with van der Waals surface area (Å²) in [6.07, 6.45) is 3.19. The first-order chi connectivity index (χ1) is 8.66. The smallest absolute Gasteiger partial charge is 1.00 e. The normalized spacial score (nSPS) is 15.4. The Hall–Kier alpha value is -1.11. The van der Waals surface area contributed by atoms with Gasteiger partial charge in [-0.2, -0.15) is 0 Å². The fourth-order valence-corrected chi connectivity index (χ4v) is 1.91. The molecule has 0 radical (unpaired) electrons. The van der Waals surface area contributed by atoms with Gasteiger partial charge < -0.3 is 12.8 Å². The van der Waals surface area contributed by atoms with Crippen LogP contribution in [0.25, 0.3) is 0 Å². The van der Waals surface area contributed by atoms with E-state index in [1.165, 1.54) is 18.2 Å². The number of carbonyl (C=O) groups is 2. The second-order valence-corrected chi connectivity index (χ2v) is 4.25. The number of rotatable bonds is 3. The number of hydroxylamine groups is 2. The van der Waals surface area contributed by atoms with Gasteiger partial charge in [0.2, 0.25) is 0 Å². The van der Waals surface area contributed by atoms with Gasteiger partial charge in [-0.25, -0.2) is 9.59 Å². The predicted octanol–water partition coefficient (Wildman–Crippen LogP) is 1.79. The van der Waals surface area contributed by atoms with Gasteiger partial charge in [-0.15, -0.1) is 5.06 Å². The van der Waals surface area contributed by atoms with E-state index in [9.17, 15) is 9.59 Å². The molecule has 1 N–H and O–H groups in total. The van der Waals surface area contributed by atoms with Crippen molar-refractivity contribution in [2.45, 2.75) is 19.3 Å². The minimum Gasteiger partial charge on any atom is -1.00 e. The largest absolute Gasteiger partial charge is 2.00 e. The number of carboxylic acids is 1. The van der Waals surface area contributed by atoms with Gasteiger partial charge in [0.05, 0.1) is 11.1 Å². The van der Waals surface area contributed by atoms with Crippen LogP contribution in [0.2, 0.25) is 0 Å². The molecule has 1 heterocycles. The third-order valence-corrected chi connectivity index (χ3v) is 2.87. The Bertz CT molecular complexity index is 467. The monoisotopic (exact) mass is 275 g/mol. The molecule has 0 bridgehead atoms. The molecule has 0 unspecified atom stereocenters. The van der Waals surface area contributed by atoms with E-state index < -0.39 is 11.9 Å². The molecule has 5 nitrogen and oxygen atoms in total. The molecule has 0 saturated carbocycles. The van der Waals surface area contributed by atoms with E-state index in [4.69, 9.17) is 9.94 Å². The quantitative estimate of drug-likeness (QED) is 0.852. The standard InChI is InChI=1S/C13H15NO4.Mg.2H/c15-12(16)10-5-4-6-11(9-10)13(17)18-14-7-2-1-3-8-14;;;/h4-6,9H,1-3,7-8H2,(H,15,16);;;/q;+2;2*-1. The molecule has 0 amide bonds. The van der Waals surface area contributed by atoms with Gasteiger partial charge in [0, 0.05) is 13.1 Å². The summed E-state index contributed by atoms with van der Waals surface area (Å²) in [5.41, 5.74) is 0.351. The van der Waals surface area contributed by atoms with Crippen molar-refractivity contribution < 1.29 is 22.4 Å². The minimum absolute atomic E-state index is 0. The van der Waals surface area contributed by atoms with Crippen molar-refractivity contribution in [1.82, 2.24) is 5.06 Å². The maximum absolute atomic E-state index is 11.8. The Kier molecular flexibility index (Phi) is 6.27. The predicted molar refractivity (Wildman–Crippen MR) is 72.2 cm³/mol. The third kappa shape index (κ3) is 4.48. The molecular weight excluding hydrogens is 258 g/mol. The van der Waals surface area contributed by atoms with Crippen LogP contribution < -0.4 is 0 Å². The van der Waals surface area contributed by atoms with E-state index >= 15 is 0 Å². The molecule has 0 aliphatic carbocycles. The van der Waals surface area contributed by atoms with Crippen LogP contribution in [0.15, 0.2) is 24.3 Å². The van der Waals surface area contributed by atoms with Crippen molar-refractivity contribution in [2.24, 2.45) is 0 Å². The summed E-state index contributed by atoms with van der Waals surface area (Å²) in [6, 6.07) is 5.86. The van der Waals surface area contributed by atoms with E-state index in [1.54, 1.807) is 11.1 Å². The van der Waals surface area contributed by atoms with Gasteiger partial charge in [-0.1, -0.05) is 12.5 Å². The number of piperidine rings is 1. The zero-order valence-corrected chi connectivity index (χ0v) is 12.1. The van der Waals surface area contributed by atoms with Crippen LogP contribution in [0.1, 0.15) is 42.8 Å². The van der Waals surface area contributed by atoms with Crippen LogP contribution in [-0.4, -0.2) is 58.3 Å². The molecule has 1 fully saturated rings. The average Bonchev–Trinajstić information content (AvgIpc) is 2.40. The topological polar surface area (TPSA) is 66.8 Å². The summed E-state index contributed by atoms with van der Waals surface area (Å²) in [7, 11) is 0. The first kappa shape index (κ1) is 15.9. The van der Waals surface area contributed by atoms with Gasteiger partial charge in [0.25, 0.3) is 0 Å². The minimum atomic E-state index is -1.05. The number of hydrogen-bond acceptors (Lipinski definition) is 4. The van der Waals surface area contributed by atoms with E-state index in [1.807, 2.05) is 0 Å². The van der Waals surface area contributed by atoms with Crippen LogP contribution in [0, 0.1) is 0 Å². The number of aromatic carboxylic acids is 1. The van der Waals surface area contributed by atoms with Crippen molar-refractivity contribution in [3.05, 3.63) is 35.4 Å². The molecule has 2 rings (SSSR count). The summed E-state index contributed by atoms with van der Waals surface area (Å²) in [4.78, 5) is 27.8. The average molecular weight is 276 g/mol. The van der Waals surface area contributed by atoms with E-state index in [-0.39, 0.29) is 37.0 Å². The molecule has 6 heteroatoms. The SMILES string of the molecule is O=C(O)c1cccc(C(=O)ON2CCCCC2)c1.[H-].[H-].[Mg+2]. The number of carbonyl (C=O) groups excluding carboxylic acids is 1. The van der Waals surface area contributed by atoms with Crippen molar-refractivity contribution in [1.29, 1.82) is 0 Å². The summed E-state index contributed by atoms with van der Waals surface area (Å²) in [5, 5.41) is 10.5. The second-order valence-electron chi connectivity index (χ2n) is 4.25. The zero-order chi connectivity index (χ0) is 13.0. The van der Waals surface area contributed by atoms with E-state index in [0.717, 1.165) is 32.4 Å². The van der Waals surface area contributed by atoms with Crippen molar-refractivity contribution in [3.8, 4) is 0 Å². The molecule has 1 aromatic rings. The van der Waals surface area contributed by atoms with Gasteiger partial charge in [0.15, 0.2) is 0 Å². The van der Waals surface area contributed by atoms with Gasteiger partial charge in [-0.3, -0.25) is 0 Å². The molecule has 100 valence electrons. The summed E-state index contributed by atoms with van der Waals surface area (Å²) in [6.45, 7) is 1.48. The summed E-state index contributed by atoms with van der Waals surface area (Å²) >= 11 is 0. The van der Waals surface area contributed by atoms with Gasteiger partial charge in [0.1, 0.15) is 0 Å². The fourth-order valence-electron chi connectivity index (χ4n) is 1.91. The number of hydrogen-bond donors (Lipinski definition) is 1. The number of benzene rings is 1. The maximum Gasteiger partial charge on any atom is 2.00 e. The number of carboxylic acid groups (broad SMARTS) is 1. The third-order valence-electron chi connectivity index (χ3n) is 2.87. The molecule has 1 aliphatic heterocycles. The van der Waals surface area contributed by atoms with Crippen LogP contribution in [0.5, 0.6) is 0 Å². The molecule has 0 aromatic heterocycles. The maximum atomic E-state index is 11.8. The molecule has 19 heavy (non-hydrogen) atoms. The fraction of sp³-hybridized carbons (Fsp3) is 0.385. The van der Waals surface area contributed by atoms with Crippen LogP contribution in [-0.2, 0) is 4.84 Å². The Morgan fingerprint density at radius 1 is 1.16 bits per heavy atom. The Morgan fingerprint density at radius 3 is 2.42 bits per heavy atom. The van der Waals surface area contributed by atoms with E-state index in [2.05, 4.69) is 0 Å². The zero-order valence-electron chi connectivity index (χ0n) is 12.7. The van der Waals surface area contributed by atoms with Crippen LogP contribution in [0.3, 0.4) is 0 Å². The van der Waals surface area contributed by atoms with E-state index in [0.29, 0.717) is 0 Å².